The van der Waals surface area contributed by atoms with Crippen LogP contribution in [0.3, 0.4) is 0 Å². The monoisotopic (exact) mass is 311 g/mol. The molecule has 2 heterocycles. The number of para-hydroxylation sites is 1. The number of ether oxygens (including phenoxy) is 1. The van der Waals surface area contributed by atoms with Crippen LogP contribution in [0.15, 0.2) is 47.8 Å². The maximum absolute atomic E-state index is 12.4. The largest absolute Gasteiger partial charge is 0.462 e. The van der Waals surface area contributed by atoms with Crippen molar-refractivity contribution in [3.63, 3.8) is 0 Å². The first-order valence-corrected chi connectivity index (χ1v) is 8.28. The zero-order chi connectivity index (χ0) is 15.4. The predicted octanol–water partition coefficient (Wildman–Crippen LogP) is 4.92. The van der Waals surface area contributed by atoms with Crippen LogP contribution in [0.1, 0.15) is 30.1 Å². The fourth-order valence-corrected chi connectivity index (χ4v) is 2.97. The van der Waals surface area contributed by atoms with E-state index in [1.807, 2.05) is 47.8 Å². The Morgan fingerprint density at radius 3 is 2.86 bits per heavy atom. The maximum atomic E-state index is 12.4. The van der Waals surface area contributed by atoms with Crippen LogP contribution in [0.2, 0.25) is 0 Å². The van der Waals surface area contributed by atoms with E-state index in [9.17, 15) is 4.79 Å². The highest BCUT2D eigenvalue weighted by Crippen LogP contribution is 2.28. The number of pyridine rings is 1. The van der Waals surface area contributed by atoms with Crippen LogP contribution in [0.4, 0.5) is 0 Å². The summed E-state index contributed by atoms with van der Waals surface area (Å²) in [6.07, 6.45) is 1.89. The van der Waals surface area contributed by atoms with Crippen LogP contribution < -0.4 is 0 Å². The maximum Gasteiger partial charge on any atom is 0.338 e. The lowest BCUT2D eigenvalue weighted by Gasteiger charge is -2.09. The second kappa shape index (κ2) is 6.71. The van der Waals surface area contributed by atoms with Crippen molar-refractivity contribution in [1.29, 1.82) is 0 Å². The summed E-state index contributed by atoms with van der Waals surface area (Å²) in [4.78, 5) is 18.1. The average molecular weight is 311 g/mol. The molecule has 112 valence electrons. The van der Waals surface area contributed by atoms with Crippen LogP contribution >= 0.6 is 11.3 Å². The van der Waals surface area contributed by atoms with Gasteiger partial charge in [0.2, 0.25) is 0 Å². The Morgan fingerprint density at radius 1 is 1.23 bits per heavy atom. The zero-order valence-corrected chi connectivity index (χ0v) is 13.2. The fourth-order valence-electron chi connectivity index (χ4n) is 2.28. The third-order valence-electron chi connectivity index (χ3n) is 3.44. The lowest BCUT2D eigenvalue weighted by Crippen LogP contribution is -2.08. The van der Waals surface area contributed by atoms with E-state index in [0.29, 0.717) is 12.2 Å². The summed E-state index contributed by atoms with van der Waals surface area (Å²) in [5.41, 5.74) is 2.22. The number of esters is 1. The van der Waals surface area contributed by atoms with Crippen molar-refractivity contribution in [1.82, 2.24) is 4.98 Å². The second-order valence-corrected chi connectivity index (χ2v) is 5.99. The normalized spacial score (nSPS) is 10.8. The summed E-state index contributed by atoms with van der Waals surface area (Å²) >= 11 is 1.61. The Kier molecular flexibility index (Phi) is 4.49. The lowest BCUT2D eigenvalue weighted by molar-refractivity contribution is 0.0502. The molecular formula is C18H17NO2S. The first kappa shape index (κ1) is 14.7. The highest BCUT2D eigenvalue weighted by atomic mass is 32.1. The van der Waals surface area contributed by atoms with Crippen LogP contribution in [-0.2, 0) is 4.74 Å². The van der Waals surface area contributed by atoms with Gasteiger partial charge in [0, 0.05) is 5.39 Å². The van der Waals surface area contributed by atoms with Gasteiger partial charge in [-0.05, 0) is 30.0 Å². The molecule has 0 radical (unpaired) electrons. The molecule has 0 saturated carbocycles. The summed E-state index contributed by atoms with van der Waals surface area (Å²) in [7, 11) is 0. The van der Waals surface area contributed by atoms with Gasteiger partial charge >= 0.3 is 5.97 Å². The molecule has 4 heteroatoms. The minimum atomic E-state index is -0.273. The van der Waals surface area contributed by atoms with Crippen LogP contribution in [0, 0.1) is 0 Å². The molecule has 0 amide bonds. The van der Waals surface area contributed by atoms with E-state index in [-0.39, 0.29) is 5.97 Å². The Balaban J connectivity index is 2.05. The molecule has 0 spiro atoms. The summed E-state index contributed by atoms with van der Waals surface area (Å²) in [6, 6.07) is 13.5. The zero-order valence-electron chi connectivity index (χ0n) is 12.4. The smallest absolute Gasteiger partial charge is 0.338 e. The molecular weight excluding hydrogens is 294 g/mol. The Morgan fingerprint density at radius 2 is 2.09 bits per heavy atom. The third-order valence-corrected chi connectivity index (χ3v) is 4.33. The molecule has 3 nitrogen and oxygen atoms in total. The van der Waals surface area contributed by atoms with Gasteiger partial charge in [0.25, 0.3) is 0 Å². The number of aromatic nitrogens is 1. The molecule has 3 rings (SSSR count). The number of unbranched alkanes of at least 4 members (excludes halogenated alkanes) is 1. The number of rotatable bonds is 5. The molecule has 0 saturated heterocycles. The molecule has 22 heavy (non-hydrogen) atoms. The van der Waals surface area contributed by atoms with Crippen molar-refractivity contribution in [2.24, 2.45) is 0 Å². The first-order valence-electron chi connectivity index (χ1n) is 7.40. The number of fused-ring (bicyclic) bond motifs is 1. The van der Waals surface area contributed by atoms with Gasteiger partial charge in [0.1, 0.15) is 0 Å². The van der Waals surface area contributed by atoms with E-state index in [2.05, 4.69) is 11.9 Å². The molecule has 0 bridgehead atoms. The average Bonchev–Trinajstić information content (AvgIpc) is 3.08. The van der Waals surface area contributed by atoms with E-state index in [0.717, 1.165) is 34.3 Å². The van der Waals surface area contributed by atoms with E-state index in [4.69, 9.17) is 4.74 Å². The Hall–Kier alpha value is -2.20. The minimum Gasteiger partial charge on any atom is -0.462 e. The second-order valence-electron chi connectivity index (χ2n) is 5.04. The van der Waals surface area contributed by atoms with E-state index in [1.54, 1.807) is 11.3 Å². The Labute approximate surface area is 133 Å². The molecule has 2 aromatic heterocycles. The number of benzene rings is 1. The molecule has 0 unspecified atom stereocenters. The van der Waals surface area contributed by atoms with Gasteiger partial charge in [-0.25, -0.2) is 9.78 Å². The molecule has 1 aromatic carbocycles. The van der Waals surface area contributed by atoms with Crippen molar-refractivity contribution in [3.05, 3.63) is 53.4 Å². The van der Waals surface area contributed by atoms with Crippen molar-refractivity contribution in [2.45, 2.75) is 19.8 Å². The quantitative estimate of drug-likeness (QED) is 0.496. The number of nitrogens with zero attached hydrogens (tertiary/aromatic N) is 1. The van der Waals surface area contributed by atoms with Crippen LogP contribution in [-0.4, -0.2) is 17.6 Å². The standard InChI is InChI=1S/C18H17NO2S/c1-2-3-10-21-18(20)14-12-16(17-9-6-11-22-17)19-15-8-5-4-7-13(14)15/h4-9,11-12H,2-3,10H2,1H3. The number of hydrogen-bond acceptors (Lipinski definition) is 4. The van der Waals surface area contributed by atoms with Gasteiger partial charge in [0.05, 0.1) is 28.3 Å². The van der Waals surface area contributed by atoms with E-state index in [1.165, 1.54) is 0 Å². The van der Waals surface area contributed by atoms with Gasteiger partial charge in [0.15, 0.2) is 0 Å². The Bertz CT molecular complexity index is 781. The summed E-state index contributed by atoms with van der Waals surface area (Å²) in [5.74, 6) is -0.273. The van der Waals surface area contributed by atoms with Crippen molar-refractivity contribution < 1.29 is 9.53 Å². The highest BCUT2D eigenvalue weighted by Gasteiger charge is 2.15. The molecule has 0 atom stereocenters. The van der Waals surface area contributed by atoms with Gasteiger partial charge in [-0.1, -0.05) is 37.6 Å². The van der Waals surface area contributed by atoms with Gasteiger partial charge in [-0.3, -0.25) is 0 Å². The van der Waals surface area contributed by atoms with Gasteiger partial charge < -0.3 is 4.74 Å². The first-order chi connectivity index (χ1) is 10.8. The molecule has 0 fully saturated rings. The lowest BCUT2D eigenvalue weighted by atomic mass is 10.1. The molecule has 0 N–H and O–H groups in total. The third kappa shape index (κ3) is 3.02. The minimum absolute atomic E-state index is 0.273. The predicted molar refractivity (Wildman–Crippen MR) is 90.2 cm³/mol. The number of carbonyl (C=O) groups excluding carboxylic acids is 1. The summed E-state index contributed by atoms with van der Waals surface area (Å²) in [6.45, 7) is 2.53. The van der Waals surface area contributed by atoms with Crippen LogP contribution in [0.25, 0.3) is 21.5 Å². The molecule has 0 aliphatic heterocycles. The van der Waals surface area contributed by atoms with Gasteiger partial charge in [-0.15, -0.1) is 11.3 Å². The SMILES string of the molecule is CCCCOC(=O)c1cc(-c2cccs2)nc2ccccc12. The number of hydrogen-bond donors (Lipinski definition) is 0. The topological polar surface area (TPSA) is 39.2 Å². The van der Waals surface area contributed by atoms with E-state index < -0.39 is 0 Å². The van der Waals surface area contributed by atoms with Crippen LogP contribution in [0.5, 0.6) is 0 Å². The van der Waals surface area contributed by atoms with Crippen molar-refractivity contribution in [3.8, 4) is 10.6 Å². The summed E-state index contributed by atoms with van der Waals surface area (Å²) < 4.78 is 5.39. The fraction of sp³-hybridized carbons (Fsp3) is 0.222. The summed E-state index contributed by atoms with van der Waals surface area (Å²) in [5, 5.41) is 2.84. The molecule has 0 aliphatic carbocycles. The van der Waals surface area contributed by atoms with E-state index >= 15 is 0 Å². The number of thiophene rings is 1. The van der Waals surface area contributed by atoms with Crippen molar-refractivity contribution >= 4 is 28.2 Å². The molecule has 0 aliphatic rings. The van der Waals surface area contributed by atoms with Gasteiger partial charge in [-0.2, -0.15) is 0 Å². The molecule has 3 aromatic rings. The highest BCUT2D eigenvalue weighted by molar-refractivity contribution is 7.13. The number of carbonyl (C=O) groups is 1. The van der Waals surface area contributed by atoms with Crippen molar-refractivity contribution in [2.75, 3.05) is 6.61 Å².